The van der Waals surface area contributed by atoms with Crippen molar-refractivity contribution >= 4 is 15.9 Å². The summed E-state index contributed by atoms with van der Waals surface area (Å²) in [6.45, 7) is 3.04. The molecule has 1 nitrogen and oxygen atoms in total. The van der Waals surface area contributed by atoms with Crippen molar-refractivity contribution in [2.75, 3.05) is 6.54 Å². The Morgan fingerprint density at radius 3 is 2.40 bits per heavy atom. The lowest BCUT2D eigenvalue weighted by Gasteiger charge is -2.18. The molecule has 0 aliphatic heterocycles. The summed E-state index contributed by atoms with van der Waals surface area (Å²) in [6.07, 6.45) is 1.87. The summed E-state index contributed by atoms with van der Waals surface area (Å²) in [4.78, 5) is 0. The van der Waals surface area contributed by atoms with Crippen molar-refractivity contribution in [1.29, 1.82) is 0 Å². The standard InChI is InChI=1S/C17H19BrFN/c1-2-20-15(10-13-6-4-3-5-7-13)11-14-8-9-17(19)16(18)12-14/h3-9,12,15,20H,2,10-11H2,1H3. The van der Waals surface area contributed by atoms with Crippen molar-refractivity contribution in [3.8, 4) is 0 Å². The average Bonchev–Trinajstić information content (AvgIpc) is 2.44. The Kier molecular flexibility index (Phi) is 5.74. The first-order valence-corrected chi connectivity index (χ1v) is 7.69. The van der Waals surface area contributed by atoms with Crippen LogP contribution in [0.25, 0.3) is 0 Å². The Morgan fingerprint density at radius 2 is 1.75 bits per heavy atom. The molecule has 1 unspecified atom stereocenters. The highest BCUT2D eigenvalue weighted by atomic mass is 79.9. The molecule has 20 heavy (non-hydrogen) atoms. The molecule has 1 N–H and O–H groups in total. The lowest BCUT2D eigenvalue weighted by atomic mass is 9.99. The number of hydrogen-bond acceptors (Lipinski definition) is 1. The van der Waals surface area contributed by atoms with Crippen LogP contribution in [0.15, 0.2) is 53.0 Å². The number of hydrogen-bond donors (Lipinski definition) is 1. The molecule has 0 aromatic heterocycles. The fourth-order valence-corrected chi connectivity index (χ4v) is 2.78. The van der Waals surface area contributed by atoms with E-state index in [1.807, 2.05) is 18.2 Å². The van der Waals surface area contributed by atoms with E-state index in [4.69, 9.17) is 0 Å². The van der Waals surface area contributed by atoms with Gasteiger partial charge in [-0.25, -0.2) is 4.39 Å². The summed E-state index contributed by atoms with van der Waals surface area (Å²) < 4.78 is 13.8. The zero-order valence-corrected chi connectivity index (χ0v) is 13.2. The van der Waals surface area contributed by atoms with E-state index in [0.29, 0.717) is 10.5 Å². The Labute approximate surface area is 128 Å². The second kappa shape index (κ2) is 7.55. The van der Waals surface area contributed by atoms with E-state index in [2.05, 4.69) is 52.4 Å². The van der Waals surface area contributed by atoms with Crippen LogP contribution in [0.5, 0.6) is 0 Å². The molecule has 0 fully saturated rings. The van der Waals surface area contributed by atoms with Gasteiger partial charge >= 0.3 is 0 Å². The van der Waals surface area contributed by atoms with Crippen LogP contribution in [0.3, 0.4) is 0 Å². The van der Waals surface area contributed by atoms with Crippen molar-refractivity contribution in [3.63, 3.8) is 0 Å². The van der Waals surface area contributed by atoms with Gasteiger partial charge in [0, 0.05) is 6.04 Å². The van der Waals surface area contributed by atoms with Crippen molar-refractivity contribution in [1.82, 2.24) is 5.32 Å². The molecule has 0 heterocycles. The van der Waals surface area contributed by atoms with Gasteiger partial charge in [-0.2, -0.15) is 0 Å². The van der Waals surface area contributed by atoms with Crippen molar-refractivity contribution in [2.24, 2.45) is 0 Å². The number of halogens is 2. The summed E-state index contributed by atoms with van der Waals surface area (Å²) in [5, 5.41) is 3.50. The van der Waals surface area contributed by atoms with Crippen LogP contribution >= 0.6 is 15.9 Å². The van der Waals surface area contributed by atoms with E-state index < -0.39 is 0 Å². The van der Waals surface area contributed by atoms with E-state index in [-0.39, 0.29) is 5.82 Å². The SMILES string of the molecule is CCNC(Cc1ccccc1)Cc1ccc(F)c(Br)c1. The maximum absolute atomic E-state index is 13.3. The molecule has 2 aromatic carbocycles. The van der Waals surface area contributed by atoms with Crippen LogP contribution in [0, 0.1) is 5.82 Å². The molecule has 106 valence electrons. The summed E-state index contributed by atoms with van der Waals surface area (Å²) in [6, 6.07) is 16.0. The van der Waals surface area contributed by atoms with E-state index in [1.54, 1.807) is 0 Å². The predicted molar refractivity (Wildman–Crippen MR) is 85.4 cm³/mol. The van der Waals surface area contributed by atoms with Gasteiger partial charge in [0.2, 0.25) is 0 Å². The summed E-state index contributed by atoms with van der Waals surface area (Å²) in [5.41, 5.74) is 2.46. The maximum Gasteiger partial charge on any atom is 0.137 e. The van der Waals surface area contributed by atoms with E-state index in [1.165, 1.54) is 11.6 Å². The van der Waals surface area contributed by atoms with Gasteiger partial charge in [-0.15, -0.1) is 0 Å². The zero-order valence-electron chi connectivity index (χ0n) is 11.6. The highest BCUT2D eigenvalue weighted by molar-refractivity contribution is 9.10. The molecule has 0 bridgehead atoms. The Morgan fingerprint density at radius 1 is 1.05 bits per heavy atom. The minimum Gasteiger partial charge on any atom is -0.314 e. The monoisotopic (exact) mass is 335 g/mol. The largest absolute Gasteiger partial charge is 0.314 e. The average molecular weight is 336 g/mol. The first-order valence-electron chi connectivity index (χ1n) is 6.90. The van der Waals surface area contributed by atoms with Crippen LogP contribution in [0.2, 0.25) is 0 Å². The Hall–Kier alpha value is -1.19. The highest BCUT2D eigenvalue weighted by Crippen LogP contribution is 2.18. The summed E-state index contributed by atoms with van der Waals surface area (Å²) in [7, 11) is 0. The third kappa shape index (κ3) is 4.43. The molecule has 0 spiro atoms. The second-order valence-electron chi connectivity index (χ2n) is 4.90. The van der Waals surface area contributed by atoms with E-state index in [0.717, 1.165) is 24.9 Å². The highest BCUT2D eigenvalue weighted by Gasteiger charge is 2.10. The minimum absolute atomic E-state index is 0.211. The molecule has 0 radical (unpaired) electrons. The van der Waals surface area contributed by atoms with Gasteiger partial charge in [0.15, 0.2) is 0 Å². The molecule has 2 aromatic rings. The number of benzene rings is 2. The van der Waals surface area contributed by atoms with E-state index >= 15 is 0 Å². The topological polar surface area (TPSA) is 12.0 Å². The predicted octanol–water partition coefficient (Wildman–Crippen LogP) is 4.35. The molecule has 2 rings (SSSR count). The Bertz CT molecular complexity index is 542. The lowest BCUT2D eigenvalue weighted by Crippen LogP contribution is -2.33. The molecule has 0 amide bonds. The van der Waals surface area contributed by atoms with Crippen LogP contribution in [0.4, 0.5) is 4.39 Å². The number of nitrogens with one attached hydrogen (secondary N) is 1. The van der Waals surface area contributed by atoms with Gasteiger partial charge in [-0.3, -0.25) is 0 Å². The van der Waals surface area contributed by atoms with Crippen LogP contribution in [-0.2, 0) is 12.8 Å². The molecule has 0 aliphatic carbocycles. The van der Waals surface area contributed by atoms with Crippen LogP contribution in [0.1, 0.15) is 18.1 Å². The second-order valence-corrected chi connectivity index (χ2v) is 5.75. The quantitative estimate of drug-likeness (QED) is 0.827. The van der Waals surface area contributed by atoms with Gasteiger partial charge in [-0.1, -0.05) is 43.3 Å². The Balaban J connectivity index is 2.06. The maximum atomic E-state index is 13.3. The zero-order chi connectivity index (χ0) is 14.4. The third-order valence-corrected chi connectivity index (χ3v) is 3.89. The number of likely N-dealkylation sites (N-methyl/N-ethyl adjacent to an activating group) is 1. The molecule has 3 heteroatoms. The van der Waals surface area contributed by atoms with Gasteiger partial charge in [0.1, 0.15) is 5.82 Å². The smallest absolute Gasteiger partial charge is 0.137 e. The minimum atomic E-state index is -0.211. The third-order valence-electron chi connectivity index (χ3n) is 3.28. The first kappa shape index (κ1) is 15.2. The van der Waals surface area contributed by atoms with Crippen molar-refractivity contribution < 1.29 is 4.39 Å². The molecule has 0 saturated carbocycles. The number of rotatable bonds is 6. The molecule has 0 saturated heterocycles. The van der Waals surface area contributed by atoms with Crippen LogP contribution in [-0.4, -0.2) is 12.6 Å². The molecule has 0 aliphatic rings. The van der Waals surface area contributed by atoms with E-state index in [9.17, 15) is 4.39 Å². The van der Waals surface area contributed by atoms with Gasteiger partial charge in [0.25, 0.3) is 0 Å². The molecule has 1 atom stereocenters. The normalized spacial score (nSPS) is 12.3. The summed E-state index contributed by atoms with van der Waals surface area (Å²) >= 11 is 3.25. The van der Waals surface area contributed by atoms with Crippen LogP contribution < -0.4 is 5.32 Å². The van der Waals surface area contributed by atoms with Gasteiger partial charge < -0.3 is 5.32 Å². The fraction of sp³-hybridized carbons (Fsp3) is 0.294. The summed E-state index contributed by atoms with van der Waals surface area (Å²) in [5.74, 6) is -0.211. The lowest BCUT2D eigenvalue weighted by molar-refractivity contribution is 0.520. The molecular weight excluding hydrogens is 317 g/mol. The first-order chi connectivity index (χ1) is 9.69. The van der Waals surface area contributed by atoms with Crippen molar-refractivity contribution in [3.05, 3.63) is 69.9 Å². The van der Waals surface area contributed by atoms with Crippen molar-refractivity contribution in [2.45, 2.75) is 25.8 Å². The molecular formula is C17H19BrFN. The van der Waals surface area contributed by atoms with Gasteiger partial charge in [0.05, 0.1) is 4.47 Å². The fourth-order valence-electron chi connectivity index (χ4n) is 2.35. The van der Waals surface area contributed by atoms with Gasteiger partial charge in [-0.05, 0) is 58.6 Å².